The maximum atomic E-state index is 13.2. The Labute approximate surface area is 184 Å². The minimum Gasteiger partial charge on any atom is -0.485 e. The first-order valence-corrected chi connectivity index (χ1v) is 11.0. The third-order valence-electron chi connectivity index (χ3n) is 7.29. The fraction of sp³-hybridized carbons (Fsp3) is 0.320. The molecule has 31 heavy (non-hydrogen) atoms. The number of Topliss-reactive ketones (excluding diaryl/α,β-unsaturated/α-hetero) is 1. The van der Waals surface area contributed by atoms with Crippen LogP contribution in [-0.4, -0.2) is 24.2 Å². The van der Waals surface area contributed by atoms with Crippen LogP contribution in [0.3, 0.4) is 0 Å². The van der Waals surface area contributed by atoms with Crippen LogP contribution in [-0.2, 0) is 9.59 Å². The summed E-state index contributed by atoms with van der Waals surface area (Å²) < 4.78 is 5.60. The molecule has 0 aromatic heterocycles. The SMILES string of the molecule is O=C(COc1ccc(N2C(=O)[C@@H]3[C@@H]4C=C[C@H]([C@H]5C[C@H]45)[C@@H]3C2=O)cc1)c1ccc(Cl)cc1. The van der Waals surface area contributed by atoms with Crippen LogP contribution in [0.5, 0.6) is 5.75 Å². The number of ether oxygens (including phenoxy) is 1. The topological polar surface area (TPSA) is 63.7 Å². The Balaban J connectivity index is 1.16. The number of benzene rings is 2. The van der Waals surface area contributed by atoms with Crippen LogP contribution in [0.2, 0.25) is 5.02 Å². The Bertz CT molecular complexity index is 1090. The van der Waals surface area contributed by atoms with Gasteiger partial charge in [-0.2, -0.15) is 0 Å². The number of rotatable bonds is 5. The summed E-state index contributed by atoms with van der Waals surface area (Å²) in [5, 5.41) is 0.569. The normalized spacial score (nSPS) is 32.1. The molecule has 2 aromatic carbocycles. The van der Waals surface area contributed by atoms with Gasteiger partial charge < -0.3 is 4.74 Å². The van der Waals surface area contributed by atoms with Crippen molar-refractivity contribution in [2.45, 2.75) is 6.42 Å². The van der Waals surface area contributed by atoms with Crippen molar-refractivity contribution in [2.75, 3.05) is 11.5 Å². The van der Waals surface area contributed by atoms with Crippen molar-refractivity contribution in [3.8, 4) is 5.75 Å². The second-order valence-electron chi connectivity index (χ2n) is 8.88. The highest BCUT2D eigenvalue weighted by atomic mass is 35.5. The largest absolute Gasteiger partial charge is 0.485 e. The molecule has 5 aliphatic rings. The summed E-state index contributed by atoms with van der Waals surface area (Å²) in [6.45, 7) is -0.107. The van der Waals surface area contributed by atoms with E-state index in [1.165, 1.54) is 4.90 Å². The molecule has 2 aromatic rings. The van der Waals surface area contributed by atoms with Gasteiger partial charge in [-0.1, -0.05) is 23.8 Å². The zero-order valence-corrected chi connectivity index (χ0v) is 17.4. The molecule has 156 valence electrons. The predicted octanol–water partition coefficient (Wildman–Crippen LogP) is 4.16. The first-order chi connectivity index (χ1) is 15.0. The molecule has 1 heterocycles. The van der Waals surface area contributed by atoms with Crippen LogP contribution in [0.1, 0.15) is 16.8 Å². The molecule has 0 unspecified atom stereocenters. The summed E-state index contributed by atoms with van der Waals surface area (Å²) in [7, 11) is 0. The summed E-state index contributed by atoms with van der Waals surface area (Å²) in [4.78, 5) is 40.0. The van der Waals surface area contributed by atoms with Crippen molar-refractivity contribution in [3.63, 3.8) is 0 Å². The number of halogens is 1. The number of hydrogen-bond donors (Lipinski definition) is 0. The Hall–Kier alpha value is -2.92. The van der Waals surface area contributed by atoms with Gasteiger partial charge in [-0.3, -0.25) is 19.3 Å². The van der Waals surface area contributed by atoms with Crippen LogP contribution in [0.4, 0.5) is 5.69 Å². The Morgan fingerprint density at radius 2 is 1.48 bits per heavy atom. The Morgan fingerprint density at radius 3 is 2.06 bits per heavy atom. The summed E-state index contributed by atoms with van der Waals surface area (Å²) in [5.74, 6) is 1.37. The van der Waals surface area contributed by atoms with E-state index in [0.717, 1.165) is 6.42 Å². The number of ketones is 1. The van der Waals surface area contributed by atoms with Gasteiger partial charge in [0, 0.05) is 10.6 Å². The first kappa shape index (κ1) is 18.8. The molecular weight excluding hydrogens is 414 g/mol. The maximum absolute atomic E-state index is 13.2. The molecule has 3 fully saturated rings. The lowest BCUT2D eigenvalue weighted by Gasteiger charge is -2.37. The maximum Gasteiger partial charge on any atom is 0.238 e. The van der Waals surface area contributed by atoms with Gasteiger partial charge in [0.1, 0.15) is 5.75 Å². The number of amides is 2. The van der Waals surface area contributed by atoms with Crippen LogP contribution in [0, 0.1) is 35.5 Å². The number of nitrogens with zero attached hydrogens (tertiary/aromatic N) is 1. The van der Waals surface area contributed by atoms with Gasteiger partial charge in [-0.25, -0.2) is 0 Å². The average Bonchev–Trinajstić information content (AvgIpc) is 3.56. The number of allylic oxidation sites excluding steroid dienone is 2. The lowest BCUT2D eigenvalue weighted by atomic mass is 9.63. The number of anilines is 1. The van der Waals surface area contributed by atoms with E-state index in [0.29, 0.717) is 33.9 Å². The molecule has 2 amide bonds. The van der Waals surface area contributed by atoms with Crippen LogP contribution in [0.15, 0.2) is 60.7 Å². The first-order valence-electron chi connectivity index (χ1n) is 10.6. The number of carbonyl (C=O) groups excluding carboxylic acids is 3. The quantitative estimate of drug-likeness (QED) is 0.403. The van der Waals surface area contributed by atoms with E-state index in [4.69, 9.17) is 16.3 Å². The second kappa shape index (κ2) is 6.79. The van der Waals surface area contributed by atoms with Gasteiger partial charge in [-0.15, -0.1) is 0 Å². The molecule has 2 bridgehead atoms. The summed E-state index contributed by atoms with van der Waals surface area (Å²) in [5.41, 5.74) is 1.09. The van der Waals surface area contributed by atoms with Gasteiger partial charge in [-0.05, 0) is 78.6 Å². The van der Waals surface area contributed by atoms with E-state index in [1.54, 1.807) is 48.5 Å². The van der Waals surface area contributed by atoms with Crippen molar-refractivity contribution in [1.82, 2.24) is 0 Å². The zero-order chi connectivity index (χ0) is 21.3. The summed E-state index contributed by atoms with van der Waals surface area (Å²) >= 11 is 5.85. The fourth-order valence-electron chi connectivity index (χ4n) is 5.77. The molecule has 2 saturated carbocycles. The van der Waals surface area contributed by atoms with E-state index in [2.05, 4.69) is 12.2 Å². The van der Waals surface area contributed by atoms with Crippen LogP contribution >= 0.6 is 11.6 Å². The molecular formula is C25H20ClNO4. The Kier molecular flexibility index (Phi) is 4.12. The van der Waals surface area contributed by atoms with E-state index < -0.39 is 0 Å². The smallest absolute Gasteiger partial charge is 0.238 e. The summed E-state index contributed by atoms with van der Waals surface area (Å²) in [6, 6.07) is 13.5. The van der Waals surface area contributed by atoms with Gasteiger partial charge in [0.05, 0.1) is 17.5 Å². The van der Waals surface area contributed by atoms with Gasteiger partial charge in [0.2, 0.25) is 11.8 Å². The lowest BCUT2D eigenvalue weighted by molar-refractivity contribution is -0.124. The molecule has 6 atom stereocenters. The average molecular weight is 434 g/mol. The van der Waals surface area contributed by atoms with Crippen molar-refractivity contribution in [1.29, 1.82) is 0 Å². The van der Waals surface area contributed by atoms with Crippen LogP contribution in [0.25, 0.3) is 0 Å². The third kappa shape index (κ3) is 2.87. The minimum atomic E-state index is -0.209. The highest BCUT2D eigenvalue weighted by molar-refractivity contribution is 6.30. The molecule has 1 saturated heterocycles. The van der Waals surface area contributed by atoms with Crippen molar-refractivity contribution >= 4 is 34.9 Å². The molecule has 5 nitrogen and oxygen atoms in total. The molecule has 0 spiro atoms. The third-order valence-corrected chi connectivity index (χ3v) is 7.55. The number of imide groups is 1. The van der Waals surface area contributed by atoms with Gasteiger partial charge >= 0.3 is 0 Å². The Morgan fingerprint density at radius 1 is 0.903 bits per heavy atom. The van der Waals surface area contributed by atoms with E-state index in [1.807, 2.05) is 0 Å². The summed E-state index contributed by atoms with van der Waals surface area (Å²) in [6.07, 6.45) is 5.49. The van der Waals surface area contributed by atoms with E-state index in [9.17, 15) is 14.4 Å². The molecule has 0 radical (unpaired) electrons. The molecule has 0 N–H and O–H groups in total. The fourth-order valence-corrected chi connectivity index (χ4v) is 5.90. The van der Waals surface area contributed by atoms with Crippen molar-refractivity contribution in [2.24, 2.45) is 35.5 Å². The molecule has 1 aliphatic heterocycles. The predicted molar refractivity (Wildman–Crippen MR) is 115 cm³/mol. The second-order valence-corrected chi connectivity index (χ2v) is 9.32. The standard InChI is InChI=1S/C25H20ClNO4/c26-14-3-1-13(2-4-14)21(28)12-31-16-7-5-15(6-8-16)27-24(29)22-17-9-10-18(20-11-19(17)20)23(22)25(27)30/h1-10,17-20,22-23H,11-12H2/t17-,18-,19-,20-,22-,23+/m1/s1. The number of hydrogen-bond acceptors (Lipinski definition) is 4. The minimum absolute atomic E-state index is 0.0775. The van der Waals surface area contributed by atoms with Crippen molar-refractivity contribution in [3.05, 3.63) is 71.3 Å². The molecule has 7 rings (SSSR count). The van der Waals surface area contributed by atoms with Crippen molar-refractivity contribution < 1.29 is 19.1 Å². The highest BCUT2D eigenvalue weighted by Gasteiger charge is 2.67. The highest BCUT2D eigenvalue weighted by Crippen LogP contribution is 2.65. The molecule has 6 heteroatoms. The molecule has 4 aliphatic carbocycles. The number of carbonyl (C=O) groups is 3. The monoisotopic (exact) mass is 433 g/mol. The zero-order valence-electron chi connectivity index (χ0n) is 16.6. The van der Waals surface area contributed by atoms with E-state index >= 15 is 0 Å². The van der Waals surface area contributed by atoms with Crippen LogP contribution < -0.4 is 9.64 Å². The van der Waals surface area contributed by atoms with Gasteiger partial charge in [0.25, 0.3) is 0 Å². The lowest BCUT2D eigenvalue weighted by Crippen LogP contribution is -2.40. The van der Waals surface area contributed by atoms with E-state index in [-0.39, 0.29) is 47.9 Å². The van der Waals surface area contributed by atoms with Gasteiger partial charge in [0.15, 0.2) is 12.4 Å².